The van der Waals surface area contributed by atoms with Crippen LogP contribution in [0.1, 0.15) is 6.92 Å². The fraction of sp³-hybridized carbons (Fsp3) is 0.250. The van der Waals surface area contributed by atoms with Crippen LogP contribution >= 0.6 is 11.8 Å². The molecule has 0 aliphatic rings. The zero-order valence-corrected chi connectivity index (χ0v) is 11.2. The van der Waals surface area contributed by atoms with E-state index in [1.54, 1.807) is 13.1 Å². The van der Waals surface area contributed by atoms with Gasteiger partial charge in [0.05, 0.1) is 17.5 Å². The van der Waals surface area contributed by atoms with Crippen molar-refractivity contribution >= 4 is 29.2 Å². The molecule has 6 nitrogen and oxygen atoms in total. The minimum atomic E-state index is -0.471. The second-order valence-electron chi connectivity index (χ2n) is 3.73. The summed E-state index contributed by atoms with van der Waals surface area (Å²) in [6, 6.07) is 5.29. The quantitative estimate of drug-likeness (QED) is 0.826. The van der Waals surface area contributed by atoms with Gasteiger partial charge in [-0.25, -0.2) is 9.78 Å². The number of carbonyl (C=O) groups excluding carboxylic acids is 2. The number of carbonyl (C=O) groups is 2. The first-order valence-corrected chi connectivity index (χ1v) is 6.82. The molecule has 7 heteroatoms. The molecule has 0 atom stereocenters. The molecular formula is C12H14N4O2S. The van der Waals surface area contributed by atoms with Crippen LogP contribution in [0.15, 0.2) is 35.7 Å². The van der Waals surface area contributed by atoms with E-state index in [9.17, 15) is 9.59 Å². The molecule has 0 saturated heterocycles. The molecule has 3 amide bonds. The molecule has 0 spiro atoms. The second-order valence-corrected chi connectivity index (χ2v) is 4.68. The molecule has 0 aromatic carbocycles. The standard InChI is InChI=1S/C12H14N4O2S/c1-2-13-11(18)15-10(17)8-19-12-14-7-9-5-3-4-6-16(9)12/h3-7H,2,8H2,1H3,(H2,13,15,17,18). The maximum Gasteiger partial charge on any atom is 0.321 e. The van der Waals surface area contributed by atoms with Gasteiger partial charge in [0, 0.05) is 12.7 Å². The molecule has 2 N–H and O–H groups in total. The third kappa shape index (κ3) is 3.47. The highest BCUT2D eigenvalue weighted by Crippen LogP contribution is 2.17. The Morgan fingerprint density at radius 1 is 1.42 bits per heavy atom. The lowest BCUT2D eigenvalue weighted by atomic mass is 10.4. The van der Waals surface area contributed by atoms with Gasteiger partial charge in [0.2, 0.25) is 5.91 Å². The summed E-state index contributed by atoms with van der Waals surface area (Å²) in [5.41, 5.74) is 0.967. The van der Waals surface area contributed by atoms with Crippen LogP contribution < -0.4 is 10.6 Å². The first-order valence-electron chi connectivity index (χ1n) is 5.83. The largest absolute Gasteiger partial charge is 0.338 e. The first kappa shape index (κ1) is 13.4. The fourth-order valence-electron chi connectivity index (χ4n) is 1.52. The molecule has 0 bridgehead atoms. The molecule has 0 radical (unpaired) electrons. The van der Waals surface area contributed by atoms with E-state index in [0.717, 1.165) is 10.7 Å². The molecule has 0 aliphatic carbocycles. The first-order chi connectivity index (χ1) is 9.20. The number of amides is 3. The predicted molar refractivity (Wildman–Crippen MR) is 73.1 cm³/mol. The van der Waals surface area contributed by atoms with Crippen molar-refractivity contribution in [3.63, 3.8) is 0 Å². The Morgan fingerprint density at radius 2 is 2.26 bits per heavy atom. The molecule has 0 unspecified atom stereocenters. The third-order valence-corrected chi connectivity index (χ3v) is 3.29. The zero-order valence-electron chi connectivity index (χ0n) is 10.4. The van der Waals surface area contributed by atoms with Crippen molar-refractivity contribution in [1.29, 1.82) is 0 Å². The predicted octanol–water partition coefficient (Wildman–Crippen LogP) is 1.27. The minimum Gasteiger partial charge on any atom is -0.338 e. The number of fused-ring (bicyclic) bond motifs is 1. The van der Waals surface area contributed by atoms with Gasteiger partial charge in [-0.15, -0.1) is 0 Å². The summed E-state index contributed by atoms with van der Waals surface area (Å²) in [6.07, 6.45) is 3.62. The van der Waals surface area contributed by atoms with Crippen molar-refractivity contribution in [3.8, 4) is 0 Å². The number of hydrogen-bond acceptors (Lipinski definition) is 4. The molecule has 0 saturated carbocycles. The number of pyridine rings is 1. The molecule has 19 heavy (non-hydrogen) atoms. The van der Waals surface area contributed by atoms with E-state index in [-0.39, 0.29) is 11.7 Å². The number of urea groups is 1. The molecule has 2 heterocycles. The smallest absolute Gasteiger partial charge is 0.321 e. The van der Waals surface area contributed by atoms with E-state index in [1.165, 1.54) is 11.8 Å². The summed E-state index contributed by atoms with van der Waals surface area (Å²) >= 11 is 1.28. The number of imidazole rings is 1. The molecule has 0 aliphatic heterocycles. The SMILES string of the molecule is CCNC(=O)NC(=O)CSc1ncc2ccccn12. The van der Waals surface area contributed by atoms with Crippen LogP contribution in [0, 0.1) is 0 Å². The minimum absolute atomic E-state index is 0.144. The van der Waals surface area contributed by atoms with E-state index in [4.69, 9.17) is 0 Å². The highest BCUT2D eigenvalue weighted by molar-refractivity contribution is 7.99. The Kier molecular flexibility index (Phi) is 4.40. The van der Waals surface area contributed by atoms with Crippen molar-refractivity contribution in [1.82, 2.24) is 20.0 Å². The van der Waals surface area contributed by atoms with Gasteiger partial charge in [-0.3, -0.25) is 14.5 Å². The Bertz CT molecular complexity index is 596. The summed E-state index contributed by atoms with van der Waals surface area (Å²) < 4.78 is 1.89. The topological polar surface area (TPSA) is 75.5 Å². The number of imide groups is 1. The molecular weight excluding hydrogens is 264 g/mol. The third-order valence-electron chi connectivity index (χ3n) is 2.33. The number of hydrogen-bond donors (Lipinski definition) is 2. The average Bonchev–Trinajstić information content (AvgIpc) is 2.80. The lowest BCUT2D eigenvalue weighted by Gasteiger charge is -2.04. The number of rotatable bonds is 4. The van der Waals surface area contributed by atoms with Crippen LogP contribution in [-0.4, -0.2) is 33.6 Å². The summed E-state index contributed by atoms with van der Waals surface area (Å²) in [5, 5.41) is 5.47. The Labute approximate surface area is 114 Å². The van der Waals surface area contributed by atoms with Crippen molar-refractivity contribution in [3.05, 3.63) is 30.6 Å². The molecule has 2 aromatic rings. The molecule has 2 aromatic heterocycles. The van der Waals surface area contributed by atoms with E-state index in [1.807, 2.05) is 28.8 Å². The van der Waals surface area contributed by atoms with Crippen LogP contribution in [-0.2, 0) is 4.79 Å². The van der Waals surface area contributed by atoms with Crippen LogP contribution in [0.4, 0.5) is 4.79 Å². The van der Waals surface area contributed by atoms with Gasteiger partial charge in [0.25, 0.3) is 0 Å². The molecule has 100 valence electrons. The Hall–Kier alpha value is -2.02. The highest BCUT2D eigenvalue weighted by Gasteiger charge is 2.09. The van der Waals surface area contributed by atoms with Crippen molar-refractivity contribution in [2.45, 2.75) is 12.1 Å². The molecule has 2 rings (SSSR count). The van der Waals surface area contributed by atoms with E-state index in [2.05, 4.69) is 15.6 Å². The van der Waals surface area contributed by atoms with E-state index >= 15 is 0 Å². The van der Waals surface area contributed by atoms with Gasteiger partial charge < -0.3 is 5.32 Å². The Balaban J connectivity index is 1.92. The van der Waals surface area contributed by atoms with Gasteiger partial charge in [-0.05, 0) is 19.1 Å². The maximum atomic E-state index is 11.5. The normalized spacial score (nSPS) is 10.4. The van der Waals surface area contributed by atoms with E-state index in [0.29, 0.717) is 6.54 Å². The van der Waals surface area contributed by atoms with Gasteiger partial charge >= 0.3 is 6.03 Å². The van der Waals surface area contributed by atoms with E-state index < -0.39 is 6.03 Å². The van der Waals surface area contributed by atoms with Crippen LogP contribution in [0.3, 0.4) is 0 Å². The maximum absolute atomic E-state index is 11.5. The lowest BCUT2D eigenvalue weighted by molar-refractivity contribution is -0.117. The summed E-state index contributed by atoms with van der Waals surface area (Å²) in [7, 11) is 0. The zero-order chi connectivity index (χ0) is 13.7. The monoisotopic (exact) mass is 278 g/mol. The Morgan fingerprint density at radius 3 is 3.05 bits per heavy atom. The van der Waals surface area contributed by atoms with Gasteiger partial charge in [-0.2, -0.15) is 0 Å². The summed E-state index contributed by atoms with van der Waals surface area (Å²) in [6.45, 7) is 2.27. The van der Waals surface area contributed by atoms with Gasteiger partial charge in [-0.1, -0.05) is 17.8 Å². The number of thioether (sulfide) groups is 1. The lowest BCUT2D eigenvalue weighted by Crippen LogP contribution is -2.40. The summed E-state index contributed by atoms with van der Waals surface area (Å²) in [5.74, 6) is -0.200. The van der Waals surface area contributed by atoms with Crippen molar-refractivity contribution < 1.29 is 9.59 Å². The number of nitrogens with one attached hydrogen (secondary N) is 2. The molecule has 0 fully saturated rings. The summed E-state index contributed by atoms with van der Waals surface area (Å²) in [4.78, 5) is 26.9. The number of aromatic nitrogens is 2. The van der Waals surface area contributed by atoms with Crippen LogP contribution in [0.5, 0.6) is 0 Å². The van der Waals surface area contributed by atoms with Crippen LogP contribution in [0.25, 0.3) is 5.52 Å². The highest BCUT2D eigenvalue weighted by atomic mass is 32.2. The number of nitrogens with zero attached hydrogens (tertiary/aromatic N) is 2. The average molecular weight is 278 g/mol. The second kappa shape index (κ2) is 6.24. The van der Waals surface area contributed by atoms with Crippen molar-refractivity contribution in [2.24, 2.45) is 0 Å². The van der Waals surface area contributed by atoms with Crippen LogP contribution in [0.2, 0.25) is 0 Å². The van der Waals surface area contributed by atoms with Gasteiger partial charge in [0.1, 0.15) is 0 Å². The van der Waals surface area contributed by atoms with Gasteiger partial charge in [0.15, 0.2) is 5.16 Å². The van der Waals surface area contributed by atoms with Crippen molar-refractivity contribution in [2.75, 3.05) is 12.3 Å². The fourth-order valence-corrected chi connectivity index (χ4v) is 2.29.